The first-order valence-corrected chi connectivity index (χ1v) is 39.6. The summed E-state index contributed by atoms with van der Waals surface area (Å²) in [6, 6.07) is 29.2. The van der Waals surface area contributed by atoms with E-state index in [0.717, 1.165) is 0 Å². The smallest absolute Gasteiger partial charge is 0.355 e. The topological polar surface area (TPSA) is 403 Å². The molecule has 0 atom stereocenters. The Morgan fingerprint density at radius 3 is 0.898 bits per heavy atom. The molecule has 0 bridgehead atoms. The van der Waals surface area contributed by atoms with Gasteiger partial charge in [-0.3, -0.25) is 38.4 Å². The lowest BCUT2D eigenvalue weighted by Gasteiger charge is -2.15. The highest BCUT2D eigenvalue weighted by Crippen LogP contribution is 2.39. The number of rotatable bonds is 18. The van der Waals surface area contributed by atoms with Gasteiger partial charge in [0.05, 0.1) is 98.4 Å². The molecule has 4 aromatic carbocycles. The highest BCUT2D eigenvalue weighted by molar-refractivity contribution is 9.10. The molecule has 0 radical (unpaired) electrons. The van der Waals surface area contributed by atoms with Gasteiger partial charge in [-0.1, -0.05) is 92.8 Å². The van der Waals surface area contributed by atoms with Crippen molar-refractivity contribution >= 4 is 179 Å². The summed E-state index contributed by atoms with van der Waals surface area (Å²) in [5.74, 6) is -6.10. The van der Waals surface area contributed by atoms with E-state index in [1.54, 1.807) is 26.0 Å². The number of carbonyl (C=O) groups is 8. The number of halogens is 18. The molecular weight excluding hydrogens is 1920 g/mol. The fourth-order valence-electron chi connectivity index (χ4n) is 11.1. The first-order chi connectivity index (χ1) is 59.7. The van der Waals surface area contributed by atoms with Gasteiger partial charge in [0.1, 0.15) is 27.4 Å². The van der Waals surface area contributed by atoms with Crippen molar-refractivity contribution in [3.8, 4) is 35.4 Å². The molecule has 0 aliphatic heterocycles. The maximum absolute atomic E-state index is 13.3. The predicted octanol–water partition coefficient (Wildman–Crippen LogP) is 18.5. The molecule has 8 aromatic heterocycles. The Labute approximate surface area is 760 Å². The van der Waals surface area contributed by atoms with Crippen LogP contribution >= 0.6 is 109 Å². The number of amides is 8. The van der Waals surface area contributed by atoms with E-state index >= 15 is 0 Å². The van der Waals surface area contributed by atoms with Crippen molar-refractivity contribution in [2.75, 3.05) is 35.4 Å². The van der Waals surface area contributed by atoms with Crippen LogP contribution in [0.2, 0.25) is 40.2 Å². The monoisotopic (exact) mass is 1970 g/mol. The molecule has 8 N–H and O–H groups in total. The number of anilines is 4. The largest absolute Gasteiger partial charge is 0.435 e. The van der Waals surface area contributed by atoms with Crippen LogP contribution in [0.1, 0.15) is 150 Å². The van der Waals surface area contributed by atoms with E-state index < -0.39 is 99.9 Å². The number of benzene rings is 4. The van der Waals surface area contributed by atoms with Crippen LogP contribution in [-0.4, -0.2) is 132 Å². The molecule has 30 nitrogen and oxygen atoms in total. The van der Waals surface area contributed by atoms with Crippen molar-refractivity contribution in [1.29, 1.82) is 10.5 Å². The second kappa shape index (κ2) is 41.6. The number of hydrogen-bond donors (Lipinski definition) is 8. The number of aromatic nitrogens is 12. The number of hydrogen-bond acceptors (Lipinski definition) is 18. The molecule has 12 rings (SSSR count). The van der Waals surface area contributed by atoms with E-state index in [2.05, 4.69) is 98.8 Å². The van der Waals surface area contributed by atoms with Crippen molar-refractivity contribution < 1.29 is 77.9 Å². The zero-order chi connectivity index (χ0) is 93.8. The Balaban J connectivity index is 0.000000191. The Morgan fingerprint density at radius 2 is 0.638 bits per heavy atom. The van der Waals surface area contributed by atoms with Crippen LogP contribution in [0.25, 0.3) is 23.3 Å². The summed E-state index contributed by atoms with van der Waals surface area (Å²) in [5, 5.41) is 53.7. The second-order valence-electron chi connectivity index (χ2n) is 26.5. The first-order valence-electron chi connectivity index (χ1n) is 35.8. The van der Waals surface area contributed by atoms with Gasteiger partial charge in [0.15, 0.2) is 40.4 Å². The first kappa shape index (κ1) is 98.0. The van der Waals surface area contributed by atoms with Crippen molar-refractivity contribution in [2.45, 2.75) is 72.2 Å². The van der Waals surface area contributed by atoms with Gasteiger partial charge in [0.25, 0.3) is 47.3 Å². The van der Waals surface area contributed by atoms with Gasteiger partial charge in [0.2, 0.25) is 0 Å². The summed E-state index contributed by atoms with van der Waals surface area (Å²) >= 11 is 52.1. The Bertz CT molecular complexity index is 6210. The summed E-state index contributed by atoms with van der Waals surface area (Å²) in [4.78, 5) is 118. The highest BCUT2D eigenvalue weighted by atomic mass is 79.9. The number of nitrogens with zero attached hydrogens (tertiary/aromatic N) is 14. The van der Waals surface area contributed by atoms with Crippen molar-refractivity contribution in [2.24, 2.45) is 0 Å². The van der Waals surface area contributed by atoms with Crippen LogP contribution in [0.4, 0.5) is 62.3 Å². The van der Waals surface area contributed by atoms with Crippen LogP contribution in [0.3, 0.4) is 0 Å². The molecule has 0 saturated carbocycles. The van der Waals surface area contributed by atoms with Gasteiger partial charge >= 0.3 is 18.5 Å². The number of carbonyl (C=O) groups excluding carboxylic acids is 8. The number of alkyl halides is 9. The number of nitrogens with one attached hydrogen (secondary N) is 8. The third kappa shape index (κ3) is 24.1. The number of aryl methyl sites for hydroxylation is 2. The summed E-state index contributed by atoms with van der Waals surface area (Å²) in [6.07, 6.45) is -9.14. The third-order valence-corrected chi connectivity index (χ3v) is 19.2. The van der Waals surface area contributed by atoms with Crippen LogP contribution in [0, 0.1) is 36.5 Å². The van der Waals surface area contributed by atoms with E-state index in [0.29, 0.717) is 53.0 Å². The molecule has 0 unspecified atom stereocenters. The van der Waals surface area contributed by atoms with Crippen LogP contribution in [-0.2, 0) is 18.5 Å². The molecule has 0 aliphatic rings. The normalized spacial score (nSPS) is 11.1. The minimum Gasteiger partial charge on any atom is -0.355 e. The van der Waals surface area contributed by atoms with E-state index in [4.69, 9.17) is 103 Å². The second-order valence-corrected chi connectivity index (χ2v) is 30.6. The maximum Gasteiger partial charge on any atom is 0.435 e. The van der Waals surface area contributed by atoms with Gasteiger partial charge in [0, 0.05) is 85.3 Å². The van der Waals surface area contributed by atoms with Gasteiger partial charge in [-0.15, -0.1) is 0 Å². The Hall–Kier alpha value is -12.8. The lowest BCUT2D eigenvalue weighted by atomic mass is 10.0. The molecular formula is C79H58BrCl8F9N22O8. The van der Waals surface area contributed by atoms with Crippen LogP contribution < -0.4 is 42.5 Å². The Kier molecular flexibility index (Phi) is 32.1. The fourth-order valence-corrected chi connectivity index (χ4v) is 13.4. The summed E-state index contributed by atoms with van der Waals surface area (Å²) in [5.41, 5.74) is -4.33. The average molecular weight is 1980 g/mol. The van der Waals surface area contributed by atoms with E-state index in [9.17, 15) is 77.9 Å². The van der Waals surface area contributed by atoms with E-state index in [-0.39, 0.29) is 132 Å². The van der Waals surface area contributed by atoms with Gasteiger partial charge in [-0.25, -0.2) is 38.7 Å². The summed E-state index contributed by atoms with van der Waals surface area (Å²) in [6.45, 7) is 10.1. The lowest BCUT2D eigenvalue weighted by Crippen LogP contribution is -2.31. The quantitative estimate of drug-likeness (QED) is 0.0370. The SMILES string of the molecule is CC(C)NC(=O)c1cc(Cl)cc(Cl)c1NC(=O)c1cc(Br)nn1-c1ncccc1Cl.CC(C)NC(=O)c1cc(Cl)cc(Cl)c1NC(=O)c1cc(C(F)(F)F)nn1-c1ncccc1Cl.CNC(=O)c1cc(C#N)cc(C)c1NC(=O)c1cc(C(F)(F)F)nn1-c1ncccc1Cl.CNC(=O)c1cc(C#N)cc(C)c1NC(=O)c1cc(C(F)(F)F)nn1-c1ncccc1Cl. The third-order valence-electron chi connectivity index (χ3n) is 16.6. The molecule has 12 aromatic rings. The molecule has 0 fully saturated rings. The van der Waals surface area contributed by atoms with E-state index in [1.165, 1.54) is 148 Å². The zero-order valence-electron chi connectivity index (χ0n) is 65.8. The minimum absolute atomic E-state index is 0.0287. The van der Waals surface area contributed by atoms with Crippen LogP contribution in [0.5, 0.6) is 0 Å². The standard InChI is InChI=1S/C20H15Cl3F3N5O2.2C20H14ClF3N6O2.C19H15BrCl3N5O2/c1-9(2)28-18(32)11-6-10(21)7-13(23)16(11)29-19(33)14-8-15(20(24,25)26)30-31(14)17-12(22)4-3-5-27-17;2*1-10-6-11(9-25)7-12(18(31)26-2)16(10)28-19(32)14-8-15(20(22,23)24)29-30(14)17-13(21)4-3-5-27-17;1-9(2)25-18(29)11-6-10(21)7-13(23)16(11)26-19(30)14-8-15(20)27-28(14)17-12(22)4-3-5-24-17/h3-9H,1-2H3,(H,28,32)(H,29,33);2*3-8H,1-2H3,(H,26,31)(H,28,32);3-9H,1-2H3,(H,25,29)(H,26,30). The molecule has 658 valence electrons. The molecule has 0 spiro atoms. The van der Waals surface area contributed by atoms with Crippen LogP contribution in [0.15, 0.2) is 151 Å². The summed E-state index contributed by atoms with van der Waals surface area (Å²) < 4.78 is 124. The molecule has 48 heteroatoms. The van der Waals surface area contributed by atoms with Gasteiger partial charge in [-0.05, 0) is 166 Å². The lowest BCUT2D eigenvalue weighted by molar-refractivity contribution is -0.142. The zero-order valence-corrected chi connectivity index (χ0v) is 73.5. The molecule has 8 heterocycles. The summed E-state index contributed by atoms with van der Waals surface area (Å²) in [7, 11) is 2.71. The maximum atomic E-state index is 13.3. The van der Waals surface area contributed by atoms with E-state index in [1.807, 2.05) is 26.0 Å². The Morgan fingerprint density at radius 1 is 0.370 bits per heavy atom. The van der Waals surface area contributed by atoms with Gasteiger partial charge in [-0.2, -0.15) is 70.4 Å². The minimum atomic E-state index is -4.85. The molecule has 8 amide bonds. The fraction of sp³-hybridized carbons (Fsp3) is 0.165. The molecule has 0 saturated heterocycles. The molecule has 127 heavy (non-hydrogen) atoms. The van der Waals surface area contributed by atoms with Gasteiger partial charge < -0.3 is 42.5 Å². The predicted molar refractivity (Wildman–Crippen MR) is 457 cm³/mol. The molecule has 0 aliphatic carbocycles. The number of pyridine rings is 4. The number of nitriles is 2. The highest BCUT2D eigenvalue weighted by Gasteiger charge is 2.40. The van der Waals surface area contributed by atoms with Crippen molar-refractivity contribution in [3.05, 3.63) is 275 Å². The van der Waals surface area contributed by atoms with Crippen molar-refractivity contribution in [3.63, 3.8) is 0 Å². The average Bonchev–Trinajstić information content (AvgIpc) is 1.66. The van der Waals surface area contributed by atoms with Crippen molar-refractivity contribution in [1.82, 2.24) is 80.3 Å².